The molecule has 0 aliphatic carbocycles. The van der Waals surface area contributed by atoms with Gasteiger partial charge in [-0.3, -0.25) is 9.36 Å². The summed E-state index contributed by atoms with van der Waals surface area (Å²) in [6.07, 6.45) is 3.19. The molecule has 3 heterocycles. The molecule has 0 saturated carbocycles. The minimum Gasteiger partial charge on any atom is -0.341 e. The van der Waals surface area contributed by atoms with Crippen molar-refractivity contribution < 1.29 is 14.4 Å². The molecular formula is C24H31IN6O3. The van der Waals surface area contributed by atoms with Crippen molar-refractivity contribution in [2.24, 2.45) is 5.92 Å². The lowest BCUT2D eigenvalue weighted by atomic mass is 9.99. The van der Waals surface area contributed by atoms with Crippen molar-refractivity contribution in [2.45, 2.75) is 56.7 Å². The van der Waals surface area contributed by atoms with Gasteiger partial charge in [-0.25, -0.2) is 14.6 Å². The quantitative estimate of drug-likeness (QED) is 0.403. The maximum atomic E-state index is 13.3. The molecular weight excluding hydrogens is 547 g/mol. The molecule has 182 valence electrons. The molecule has 1 aromatic heterocycles. The smallest absolute Gasteiger partial charge is 0.330 e. The number of halogens is 1. The Labute approximate surface area is 213 Å². The fourth-order valence-electron chi connectivity index (χ4n) is 4.61. The lowest BCUT2D eigenvalue weighted by Gasteiger charge is -2.38. The van der Waals surface area contributed by atoms with Gasteiger partial charge >= 0.3 is 12.1 Å². The first-order valence-electron chi connectivity index (χ1n) is 11.6. The van der Waals surface area contributed by atoms with Gasteiger partial charge in [0.25, 0.3) is 0 Å². The normalized spacial score (nSPS) is 17.1. The third kappa shape index (κ3) is 5.06. The van der Waals surface area contributed by atoms with Gasteiger partial charge in [-0.1, -0.05) is 48.6 Å². The van der Waals surface area contributed by atoms with Gasteiger partial charge in [0, 0.05) is 29.2 Å². The second-order valence-electron chi connectivity index (χ2n) is 9.25. The predicted octanol–water partition coefficient (Wildman–Crippen LogP) is 3.75. The second kappa shape index (κ2) is 10.3. The van der Waals surface area contributed by atoms with Gasteiger partial charge in [0.1, 0.15) is 11.9 Å². The van der Waals surface area contributed by atoms with E-state index < -0.39 is 12.1 Å². The van der Waals surface area contributed by atoms with Crippen molar-refractivity contribution >= 4 is 46.2 Å². The summed E-state index contributed by atoms with van der Waals surface area (Å²) in [5.41, 5.74) is 2.79. The molecule has 2 aliphatic heterocycles. The van der Waals surface area contributed by atoms with Crippen molar-refractivity contribution in [1.29, 1.82) is 0 Å². The van der Waals surface area contributed by atoms with Gasteiger partial charge < -0.3 is 20.4 Å². The van der Waals surface area contributed by atoms with Gasteiger partial charge in [0.15, 0.2) is 0 Å². The highest BCUT2D eigenvalue weighted by molar-refractivity contribution is 14.1. The first-order valence-corrected chi connectivity index (χ1v) is 13.2. The highest BCUT2D eigenvalue weighted by Crippen LogP contribution is 2.26. The van der Waals surface area contributed by atoms with Gasteiger partial charge in [0.05, 0.1) is 18.4 Å². The number of benzene rings is 1. The average Bonchev–Trinajstić information content (AvgIpc) is 3.37. The molecule has 0 radical (unpaired) electrons. The Hall–Kier alpha value is -2.63. The Balaban J connectivity index is 1.32. The Morgan fingerprint density at radius 1 is 1.18 bits per heavy atom. The van der Waals surface area contributed by atoms with Crippen LogP contribution in [0.5, 0.6) is 0 Å². The number of aryl methyl sites for hydroxylation is 1. The zero-order chi connectivity index (χ0) is 24.4. The van der Waals surface area contributed by atoms with Crippen LogP contribution in [-0.4, -0.2) is 62.5 Å². The van der Waals surface area contributed by atoms with E-state index in [4.69, 9.17) is 0 Å². The van der Waals surface area contributed by atoms with E-state index in [9.17, 15) is 14.4 Å². The van der Waals surface area contributed by atoms with Crippen LogP contribution < -0.4 is 10.6 Å². The highest BCUT2D eigenvalue weighted by Gasteiger charge is 2.37. The highest BCUT2D eigenvalue weighted by atomic mass is 127. The molecule has 34 heavy (non-hydrogen) atoms. The molecule has 4 amide bonds. The molecule has 0 spiro atoms. The third-order valence-electron chi connectivity index (χ3n) is 6.58. The first kappa shape index (κ1) is 24.5. The van der Waals surface area contributed by atoms with Gasteiger partial charge in [0.2, 0.25) is 5.91 Å². The number of carbonyl (C=O) groups is 3. The van der Waals surface area contributed by atoms with E-state index in [1.807, 2.05) is 54.8 Å². The van der Waals surface area contributed by atoms with Crippen molar-refractivity contribution in [3.05, 3.63) is 47.5 Å². The van der Waals surface area contributed by atoms with Crippen LogP contribution in [0, 0.1) is 12.8 Å². The Morgan fingerprint density at radius 2 is 1.85 bits per heavy atom. The van der Waals surface area contributed by atoms with E-state index in [1.54, 1.807) is 10.8 Å². The van der Waals surface area contributed by atoms with Crippen molar-refractivity contribution in [3.63, 3.8) is 0 Å². The number of hydrogen-bond acceptors (Lipinski definition) is 4. The second-order valence-corrected chi connectivity index (χ2v) is 10.0. The summed E-state index contributed by atoms with van der Waals surface area (Å²) in [5.74, 6) is 0.571. The molecule has 1 unspecified atom stereocenters. The fourth-order valence-corrected chi connectivity index (χ4v) is 5.12. The SMILES string of the molecule is Cc1ncc2n1C(=O)N(C1CCN(C(=O)C(NC(=O)Nc3ccc(CI)cc3)C(C)C)CC1)C2. The Bertz CT molecular complexity index is 1060. The number of nitrogens with zero attached hydrogens (tertiary/aromatic N) is 4. The number of anilines is 1. The number of alkyl halides is 1. The number of rotatable bonds is 6. The van der Waals surface area contributed by atoms with Crippen LogP contribution in [0.1, 0.15) is 43.8 Å². The molecule has 4 rings (SSSR count). The van der Waals surface area contributed by atoms with Crippen LogP contribution >= 0.6 is 22.6 Å². The molecule has 1 atom stereocenters. The Kier molecular flexibility index (Phi) is 7.44. The molecule has 2 aromatic rings. The largest absolute Gasteiger partial charge is 0.341 e. The van der Waals surface area contributed by atoms with E-state index in [0.717, 1.165) is 23.0 Å². The third-order valence-corrected chi connectivity index (χ3v) is 7.46. The maximum absolute atomic E-state index is 13.3. The van der Waals surface area contributed by atoms with Crippen molar-refractivity contribution in [2.75, 3.05) is 18.4 Å². The number of aromatic nitrogens is 2. The predicted molar refractivity (Wildman–Crippen MR) is 138 cm³/mol. The zero-order valence-corrected chi connectivity index (χ0v) is 21.9. The van der Waals surface area contributed by atoms with Crippen molar-refractivity contribution in [3.8, 4) is 0 Å². The minimum absolute atomic E-state index is 0.0281. The van der Waals surface area contributed by atoms with Gasteiger partial charge in [-0.2, -0.15) is 0 Å². The van der Waals surface area contributed by atoms with E-state index in [2.05, 4.69) is 38.2 Å². The number of fused-ring (bicyclic) bond motifs is 1. The van der Waals surface area contributed by atoms with Crippen LogP contribution in [0.15, 0.2) is 30.5 Å². The van der Waals surface area contributed by atoms with Gasteiger partial charge in [-0.15, -0.1) is 0 Å². The molecule has 2 N–H and O–H groups in total. The zero-order valence-electron chi connectivity index (χ0n) is 19.8. The standard InChI is InChI=1S/C24H31IN6O3/c1-15(2)21(28-23(33)27-18-6-4-17(12-25)5-7-18)22(32)29-10-8-19(9-11-29)30-14-20-13-26-16(3)31(20)24(30)34/h4-7,13,15,19,21H,8-12,14H2,1-3H3,(H2,27,28,33). The fraction of sp³-hybridized carbons (Fsp3) is 0.500. The van der Waals surface area contributed by atoms with E-state index in [-0.39, 0.29) is 23.9 Å². The molecule has 2 aliphatic rings. The number of likely N-dealkylation sites (tertiary alicyclic amines) is 1. The Morgan fingerprint density at radius 3 is 2.44 bits per heavy atom. The lowest BCUT2D eigenvalue weighted by Crippen LogP contribution is -2.55. The number of urea groups is 1. The summed E-state index contributed by atoms with van der Waals surface area (Å²) < 4.78 is 2.57. The summed E-state index contributed by atoms with van der Waals surface area (Å²) in [6, 6.07) is 6.71. The minimum atomic E-state index is -0.618. The summed E-state index contributed by atoms with van der Waals surface area (Å²) >= 11 is 2.29. The van der Waals surface area contributed by atoms with E-state index in [1.165, 1.54) is 5.56 Å². The maximum Gasteiger partial charge on any atom is 0.330 e. The summed E-state index contributed by atoms with van der Waals surface area (Å²) in [7, 11) is 0. The molecule has 1 saturated heterocycles. The average molecular weight is 578 g/mol. The summed E-state index contributed by atoms with van der Waals surface area (Å²) in [5, 5.41) is 5.68. The van der Waals surface area contributed by atoms with Crippen LogP contribution in [0.2, 0.25) is 0 Å². The molecule has 9 nitrogen and oxygen atoms in total. The topological polar surface area (TPSA) is 99.6 Å². The number of hydrogen-bond donors (Lipinski definition) is 2. The monoisotopic (exact) mass is 578 g/mol. The van der Waals surface area contributed by atoms with Crippen LogP contribution in [-0.2, 0) is 15.8 Å². The summed E-state index contributed by atoms with van der Waals surface area (Å²) in [4.78, 5) is 46.6. The molecule has 1 aromatic carbocycles. The number of carbonyl (C=O) groups excluding carboxylic acids is 3. The molecule has 0 bridgehead atoms. The lowest BCUT2D eigenvalue weighted by molar-refractivity contribution is -0.135. The molecule has 10 heteroatoms. The molecule has 1 fully saturated rings. The van der Waals surface area contributed by atoms with Crippen LogP contribution in [0.3, 0.4) is 0 Å². The number of piperidine rings is 1. The summed E-state index contributed by atoms with van der Waals surface area (Å²) in [6.45, 7) is 7.37. The first-order chi connectivity index (χ1) is 16.3. The van der Waals surface area contributed by atoms with Crippen LogP contribution in [0.25, 0.3) is 0 Å². The van der Waals surface area contributed by atoms with E-state index in [0.29, 0.717) is 31.1 Å². The van der Waals surface area contributed by atoms with Crippen molar-refractivity contribution in [1.82, 2.24) is 24.7 Å². The van der Waals surface area contributed by atoms with Crippen LogP contribution in [0.4, 0.5) is 15.3 Å². The number of nitrogens with one attached hydrogen (secondary N) is 2. The van der Waals surface area contributed by atoms with Gasteiger partial charge in [-0.05, 0) is 43.4 Å². The van der Waals surface area contributed by atoms with E-state index >= 15 is 0 Å². The number of imidazole rings is 1. The number of amides is 4.